The van der Waals surface area contributed by atoms with E-state index in [1.165, 1.54) is 7.11 Å². The van der Waals surface area contributed by atoms with Crippen LogP contribution in [0.2, 0.25) is 0 Å². The molecular formula is C12H11NO4. The van der Waals surface area contributed by atoms with Crippen LogP contribution in [-0.2, 0) is 19.1 Å². The summed E-state index contributed by atoms with van der Waals surface area (Å²) in [6.45, 7) is 0. The summed E-state index contributed by atoms with van der Waals surface area (Å²) in [5.41, 5.74) is 0.480. The summed E-state index contributed by atoms with van der Waals surface area (Å²) in [7, 11) is 1.20. The number of ether oxygens (including phenoxy) is 1. The number of carbonyl (C=O) groups excluding carboxylic acids is 3. The average Bonchev–Trinajstić information content (AvgIpc) is 2.65. The molecule has 2 rings (SSSR count). The topological polar surface area (TPSA) is 63.7 Å². The number of nitrogens with zero attached hydrogens (tertiary/aromatic N) is 1. The van der Waals surface area contributed by atoms with Gasteiger partial charge in [0, 0.05) is 6.42 Å². The predicted molar refractivity (Wildman–Crippen MR) is 59.1 cm³/mol. The largest absolute Gasteiger partial charge is 0.468 e. The number of amides is 2. The second-order valence-electron chi connectivity index (χ2n) is 3.68. The third-order valence-corrected chi connectivity index (χ3v) is 2.65. The second kappa shape index (κ2) is 4.37. The summed E-state index contributed by atoms with van der Waals surface area (Å²) < 4.78 is 4.50. The summed E-state index contributed by atoms with van der Waals surface area (Å²) in [5.74, 6) is -2.57. The number of para-hydroxylation sites is 1. The normalized spacial score (nSPS) is 19.6. The van der Waals surface area contributed by atoms with E-state index in [1.807, 2.05) is 0 Å². The Labute approximate surface area is 98.0 Å². The van der Waals surface area contributed by atoms with E-state index in [1.54, 1.807) is 30.3 Å². The van der Waals surface area contributed by atoms with Gasteiger partial charge in [0.25, 0.3) is 0 Å². The highest BCUT2D eigenvalue weighted by Crippen LogP contribution is 2.26. The van der Waals surface area contributed by atoms with Crippen molar-refractivity contribution >= 4 is 23.5 Å². The molecule has 0 aliphatic carbocycles. The van der Waals surface area contributed by atoms with Crippen LogP contribution < -0.4 is 4.90 Å². The van der Waals surface area contributed by atoms with Crippen molar-refractivity contribution in [3.63, 3.8) is 0 Å². The molecule has 2 amide bonds. The number of esters is 1. The van der Waals surface area contributed by atoms with Gasteiger partial charge in [-0.3, -0.25) is 14.4 Å². The van der Waals surface area contributed by atoms with Crippen LogP contribution in [0, 0.1) is 5.92 Å². The molecule has 1 unspecified atom stereocenters. The van der Waals surface area contributed by atoms with Gasteiger partial charge in [0.15, 0.2) is 0 Å². The summed E-state index contributed by atoms with van der Waals surface area (Å²) in [5, 5.41) is 0. The third-order valence-electron chi connectivity index (χ3n) is 2.65. The van der Waals surface area contributed by atoms with E-state index in [-0.39, 0.29) is 12.3 Å². The fourth-order valence-electron chi connectivity index (χ4n) is 1.81. The average molecular weight is 233 g/mol. The lowest BCUT2D eigenvalue weighted by Gasteiger charge is -2.13. The molecule has 1 atom stereocenters. The predicted octanol–water partition coefficient (Wildman–Crippen LogP) is 0.739. The zero-order valence-electron chi connectivity index (χ0n) is 9.25. The van der Waals surface area contributed by atoms with Gasteiger partial charge in [-0.05, 0) is 12.1 Å². The number of benzene rings is 1. The Hall–Kier alpha value is -2.17. The van der Waals surface area contributed by atoms with Crippen molar-refractivity contribution in [2.75, 3.05) is 12.0 Å². The molecule has 0 radical (unpaired) electrons. The SMILES string of the molecule is COC(=O)C1CC(=O)N(c2ccccc2)C1=O. The Balaban J connectivity index is 2.29. The molecule has 0 saturated carbocycles. The number of hydrogen-bond donors (Lipinski definition) is 0. The van der Waals surface area contributed by atoms with Gasteiger partial charge >= 0.3 is 5.97 Å². The Bertz CT molecular complexity index is 469. The minimum atomic E-state index is -1.01. The number of hydrogen-bond acceptors (Lipinski definition) is 4. The van der Waals surface area contributed by atoms with Gasteiger partial charge in [-0.2, -0.15) is 0 Å². The third kappa shape index (κ3) is 1.91. The van der Waals surface area contributed by atoms with Crippen molar-refractivity contribution in [1.82, 2.24) is 0 Å². The van der Waals surface area contributed by atoms with Crippen molar-refractivity contribution in [3.8, 4) is 0 Å². The van der Waals surface area contributed by atoms with E-state index >= 15 is 0 Å². The van der Waals surface area contributed by atoms with E-state index in [2.05, 4.69) is 4.74 Å². The van der Waals surface area contributed by atoms with Crippen LogP contribution in [-0.4, -0.2) is 24.9 Å². The Morgan fingerprint density at radius 2 is 1.94 bits per heavy atom. The lowest BCUT2D eigenvalue weighted by Crippen LogP contribution is -2.32. The Morgan fingerprint density at radius 1 is 1.29 bits per heavy atom. The van der Waals surface area contributed by atoms with Crippen LogP contribution in [0.1, 0.15) is 6.42 Å². The van der Waals surface area contributed by atoms with Gasteiger partial charge in [0.05, 0.1) is 12.8 Å². The fraction of sp³-hybridized carbons (Fsp3) is 0.250. The zero-order chi connectivity index (χ0) is 12.4. The summed E-state index contributed by atoms with van der Waals surface area (Å²) >= 11 is 0. The van der Waals surface area contributed by atoms with Crippen molar-refractivity contribution in [3.05, 3.63) is 30.3 Å². The molecule has 1 aromatic rings. The number of anilines is 1. The van der Waals surface area contributed by atoms with E-state index in [0.29, 0.717) is 5.69 Å². The minimum Gasteiger partial charge on any atom is -0.468 e. The van der Waals surface area contributed by atoms with Gasteiger partial charge in [-0.25, -0.2) is 4.90 Å². The van der Waals surface area contributed by atoms with E-state index in [9.17, 15) is 14.4 Å². The van der Waals surface area contributed by atoms with Crippen molar-refractivity contribution in [2.45, 2.75) is 6.42 Å². The lowest BCUT2D eigenvalue weighted by molar-refractivity contribution is -0.148. The summed E-state index contributed by atoms with van der Waals surface area (Å²) in [6, 6.07) is 8.53. The number of carbonyl (C=O) groups is 3. The van der Waals surface area contributed by atoms with Gasteiger partial charge in [-0.15, -0.1) is 0 Å². The molecule has 1 aromatic carbocycles. The molecule has 1 aliphatic rings. The van der Waals surface area contributed by atoms with E-state index in [4.69, 9.17) is 0 Å². The van der Waals surface area contributed by atoms with E-state index < -0.39 is 17.8 Å². The molecule has 5 heteroatoms. The minimum absolute atomic E-state index is 0.125. The molecule has 1 heterocycles. The highest BCUT2D eigenvalue weighted by Gasteiger charge is 2.44. The smallest absolute Gasteiger partial charge is 0.318 e. The molecule has 1 fully saturated rings. The standard InChI is InChI=1S/C12H11NO4/c1-17-12(16)9-7-10(14)13(11(9)15)8-5-3-2-4-6-8/h2-6,9H,7H2,1H3. The lowest BCUT2D eigenvalue weighted by atomic mass is 10.1. The van der Waals surface area contributed by atoms with Crippen LogP contribution in [0.15, 0.2) is 30.3 Å². The Morgan fingerprint density at radius 3 is 2.53 bits per heavy atom. The first-order chi connectivity index (χ1) is 8.15. The molecule has 17 heavy (non-hydrogen) atoms. The molecule has 5 nitrogen and oxygen atoms in total. The van der Waals surface area contributed by atoms with Crippen LogP contribution in [0.3, 0.4) is 0 Å². The van der Waals surface area contributed by atoms with Gasteiger partial charge < -0.3 is 4.74 Å². The van der Waals surface area contributed by atoms with Crippen LogP contribution in [0.4, 0.5) is 5.69 Å². The monoisotopic (exact) mass is 233 g/mol. The molecule has 0 aromatic heterocycles. The first-order valence-electron chi connectivity index (χ1n) is 5.15. The molecule has 1 saturated heterocycles. The molecule has 88 valence electrons. The van der Waals surface area contributed by atoms with Gasteiger partial charge in [0.2, 0.25) is 11.8 Å². The molecule has 0 bridgehead atoms. The summed E-state index contributed by atoms with van der Waals surface area (Å²) in [6.07, 6.45) is -0.125. The fourth-order valence-corrected chi connectivity index (χ4v) is 1.81. The van der Waals surface area contributed by atoms with Crippen molar-refractivity contribution < 1.29 is 19.1 Å². The first-order valence-corrected chi connectivity index (χ1v) is 5.15. The van der Waals surface area contributed by atoms with Crippen molar-refractivity contribution in [2.24, 2.45) is 5.92 Å². The molecule has 1 aliphatic heterocycles. The highest BCUT2D eigenvalue weighted by molar-refractivity contribution is 6.25. The number of methoxy groups -OCH3 is 1. The van der Waals surface area contributed by atoms with E-state index in [0.717, 1.165) is 4.90 Å². The van der Waals surface area contributed by atoms with Gasteiger partial charge in [-0.1, -0.05) is 18.2 Å². The molecular weight excluding hydrogens is 222 g/mol. The summed E-state index contributed by atoms with van der Waals surface area (Å²) in [4.78, 5) is 36.0. The Kier molecular flexibility index (Phi) is 2.91. The van der Waals surface area contributed by atoms with Crippen molar-refractivity contribution in [1.29, 1.82) is 0 Å². The maximum atomic E-state index is 11.9. The highest BCUT2D eigenvalue weighted by atomic mass is 16.5. The maximum absolute atomic E-state index is 11.9. The van der Waals surface area contributed by atoms with Crippen LogP contribution in [0.25, 0.3) is 0 Å². The number of rotatable bonds is 2. The molecule has 0 spiro atoms. The quantitative estimate of drug-likeness (QED) is 0.429. The van der Waals surface area contributed by atoms with Crippen LogP contribution in [0.5, 0.6) is 0 Å². The maximum Gasteiger partial charge on any atom is 0.318 e. The first kappa shape index (κ1) is 11.3. The number of imide groups is 1. The zero-order valence-corrected chi connectivity index (χ0v) is 9.25. The van der Waals surface area contributed by atoms with Crippen LogP contribution >= 0.6 is 0 Å². The molecule has 0 N–H and O–H groups in total. The van der Waals surface area contributed by atoms with Gasteiger partial charge in [0.1, 0.15) is 5.92 Å². The second-order valence-corrected chi connectivity index (χ2v) is 3.68.